The fourth-order valence-corrected chi connectivity index (χ4v) is 2.45. The topological polar surface area (TPSA) is 55.3 Å². The van der Waals surface area contributed by atoms with E-state index >= 15 is 0 Å². The summed E-state index contributed by atoms with van der Waals surface area (Å²) in [6, 6.07) is 0. The van der Waals surface area contributed by atoms with Crippen LogP contribution in [-0.2, 0) is 0 Å². The molecular formula is C16H38N2+2. The molecule has 0 saturated heterocycles. The fourth-order valence-electron chi connectivity index (χ4n) is 2.45. The molecule has 2 heteroatoms. The van der Waals surface area contributed by atoms with Crippen molar-refractivity contribution in [1.29, 1.82) is 0 Å². The van der Waals surface area contributed by atoms with Crippen molar-refractivity contribution in [2.24, 2.45) is 0 Å². The molecule has 6 N–H and O–H groups in total. The van der Waals surface area contributed by atoms with Crippen molar-refractivity contribution in [3.8, 4) is 0 Å². The molecule has 0 aromatic rings. The average molecular weight is 258 g/mol. The van der Waals surface area contributed by atoms with Crippen LogP contribution < -0.4 is 11.5 Å². The van der Waals surface area contributed by atoms with Gasteiger partial charge in [-0.15, -0.1) is 0 Å². The Morgan fingerprint density at radius 3 is 1.22 bits per heavy atom. The van der Waals surface area contributed by atoms with E-state index in [4.69, 9.17) is 0 Å². The van der Waals surface area contributed by atoms with E-state index in [2.05, 4.69) is 18.4 Å². The number of unbranched alkanes of at least 4 members (excludes halogenated alkanes) is 12. The lowest BCUT2D eigenvalue weighted by molar-refractivity contribution is -0.658. The first-order valence-corrected chi connectivity index (χ1v) is 8.43. The minimum atomic E-state index is 0.401. The Morgan fingerprint density at radius 1 is 0.556 bits per heavy atom. The minimum absolute atomic E-state index is 0.401. The van der Waals surface area contributed by atoms with E-state index < -0.39 is 0 Å². The quantitative estimate of drug-likeness (QED) is 0.355. The third-order valence-corrected chi connectivity index (χ3v) is 3.72. The highest BCUT2D eigenvalue weighted by Crippen LogP contribution is 2.12. The van der Waals surface area contributed by atoms with Gasteiger partial charge in [0.05, 0.1) is 6.42 Å². The minimum Gasteiger partial charge on any atom is -0.309 e. The lowest BCUT2D eigenvalue weighted by Crippen LogP contribution is -2.84. The summed E-state index contributed by atoms with van der Waals surface area (Å²) in [5.41, 5.74) is 7.84. The molecule has 0 aromatic heterocycles. The summed E-state index contributed by atoms with van der Waals surface area (Å²) in [5.74, 6) is 0. The van der Waals surface area contributed by atoms with Crippen molar-refractivity contribution in [2.45, 2.75) is 103 Å². The molecule has 18 heavy (non-hydrogen) atoms. The molecule has 110 valence electrons. The molecule has 0 radical (unpaired) electrons. The third-order valence-electron chi connectivity index (χ3n) is 3.72. The van der Waals surface area contributed by atoms with E-state index in [-0.39, 0.29) is 0 Å². The van der Waals surface area contributed by atoms with Crippen molar-refractivity contribution in [3.63, 3.8) is 0 Å². The molecule has 0 rings (SSSR count). The van der Waals surface area contributed by atoms with Crippen molar-refractivity contribution in [2.75, 3.05) is 0 Å². The van der Waals surface area contributed by atoms with Gasteiger partial charge in [0.2, 0.25) is 6.17 Å². The Kier molecular flexibility index (Phi) is 14.9. The Balaban J connectivity index is 2.90. The Morgan fingerprint density at radius 2 is 0.889 bits per heavy atom. The number of hydrogen-bond acceptors (Lipinski definition) is 0. The van der Waals surface area contributed by atoms with E-state index in [1.54, 1.807) is 0 Å². The van der Waals surface area contributed by atoms with Gasteiger partial charge < -0.3 is 11.5 Å². The number of quaternary nitrogens is 2. The highest BCUT2D eigenvalue weighted by Gasteiger charge is 1.99. The molecule has 0 atom stereocenters. The molecule has 0 unspecified atom stereocenters. The van der Waals surface area contributed by atoms with Gasteiger partial charge in [-0.05, 0) is 6.42 Å². The Hall–Kier alpha value is -0.0800. The number of rotatable bonds is 14. The molecule has 2 nitrogen and oxygen atoms in total. The highest BCUT2D eigenvalue weighted by molar-refractivity contribution is 4.49. The monoisotopic (exact) mass is 258 g/mol. The highest BCUT2D eigenvalue weighted by atomic mass is 14.8. The van der Waals surface area contributed by atoms with E-state index in [9.17, 15) is 0 Å². The maximum atomic E-state index is 3.92. The molecule has 0 aromatic carbocycles. The van der Waals surface area contributed by atoms with E-state index in [0.717, 1.165) is 0 Å². The van der Waals surface area contributed by atoms with Crippen LogP contribution in [0.3, 0.4) is 0 Å². The maximum Gasteiger partial charge on any atom is 0.207 e. The molecule has 0 saturated carbocycles. The van der Waals surface area contributed by atoms with Gasteiger partial charge in [-0.1, -0.05) is 84.0 Å². The van der Waals surface area contributed by atoms with Crippen LogP contribution in [-0.4, -0.2) is 6.17 Å². The molecule has 0 aliphatic rings. The Labute approximate surface area is 115 Å². The van der Waals surface area contributed by atoms with Crippen molar-refractivity contribution < 1.29 is 11.5 Å². The van der Waals surface area contributed by atoms with Crippen molar-refractivity contribution in [1.82, 2.24) is 0 Å². The predicted molar refractivity (Wildman–Crippen MR) is 79.9 cm³/mol. The zero-order valence-corrected chi connectivity index (χ0v) is 12.9. The molecule has 0 aliphatic heterocycles. The summed E-state index contributed by atoms with van der Waals surface area (Å²) >= 11 is 0. The van der Waals surface area contributed by atoms with Crippen LogP contribution in [0.2, 0.25) is 0 Å². The van der Waals surface area contributed by atoms with Crippen LogP contribution in [0.15, 0.2) is 0 Å². The van der Waals surface area contributed by atoms with E-state index in [0.29, 0.717) is 6.17 Å². The number of hydrogen-bond donors (Lipinski definition) is 2. The molecule has 0 fully saturated rings. The molecule has 0 aliphatic carbocycles. The van der Waals surface area contributed by atoms with E-state index in [1.165, 1.54) is 89.9 Å². The van der Waals surface area contributed by atoms with Crippen LogP contribution in [0.5, 0.6) is 0 Å². The van der Waals surface area contributed by atoms with Crippen LogP contribution in [0.4, 0.5) is 0 Å². The summed E-state index contributed by atoms with van der Waals surface area (Å²) in [4.78, 5) is 0. The first kappa shape index (κ1) is 17.9. The van der Waals surface area contributed by atoms with Crippen LogP contribution in [0, 0.1) is 0 Å². The van der Waals surface area contributed by atoms with Crippen LogP contribution in [0.1, 0.15) is 96.8 Å². The summed E-state index contributed by atoms with van der Waals surface area (Å²) < 4.78 is 0. The largest absolute Gasteiger partial charge is 0.309 e. The fraction of sp³-hybridized carbons (Fsp3) is 1.00. The zero-order chi connectivity index (χ0) is 13.5. The Bertz CT molecular complexity index is 146. The summed E-state index contributed by atoms with van der Waals surface area (Å²) in [6.07, 6.45) is 20.2. The normalized spacial score (nSPS) is 11.3. The standard InChI is InChI=1S/C16H36N2/c1-2-3-4-5-6-7-8-9-10-11-12-13-14-15-16(17)18/h16H,2-15,17-18H2,1H3/p+2. The van der Waals surface area contributed by atoms with Crippen molar-refractivity contribution in [3.05, 3.63) is 0 Å². The second-order valence-electron chi connectivity index (χ2n) is 5.90. The van der Waals surface area contributed by atoms with E-state index in [1.807, 2.05) is 0 Å². The van der Waals surface area contributed by atoms with Crippen LogP contribution >= 0.6 is 0 Å². The molecule has 0 amide bonds. The van der Waals surface area contributed by atoms with Gasteiger partial charge >= 0.3 is 0 Å². The van der Waals surface area contributed by atoms with Gasteiger partial charge in [-0.25, -0.2) is 0 Å². The lowest BCUT2D eigenvalue weighted by Gasteiger charge is -2.03. The van der Waals surface area contributed by atoms with Gasteiger partial charge in [-0.2, -0.15) is 0 Å². The van der Waals surface area contributed by atoms with Gasteiger partial charge in [0.1, 0.15) is 0 Å². The lowest BCUT2D eigenvalue weighted by atomic mass is 10.0. The summed E-state index contributed by atoms with van der Waals surface area (Å²) in [5, 5.41) is 0. The first-order chi connectivity index (χ1) is 8.77. The predicted octanol–water partition coefficient (Wildman–Crippen LogP) is 3.28. The second-order valence-corrected chi connectivity index (χ2v) is 5.90. The smallest absolute Gasteiger partial charge is 0.207 e. The van der Waals surface area contributed by atoms with Gasteiger partial charge in [0, 0.05) is 0 Å². The molecule has 0 bridgehead atoms. The SMILES string of the molecule is CCCCCCCCCCCCCCCC([NH3+])[NH3+]. The zero-order valence-electron chi connectivity index (χ0n) is 12.9. The summed E-state index contributed by atoms with van der Waals surface area (Å²) in [6.45, 7) is 2.29. The average Bonchev–Trinajstić information content (AvgIpc) is 2.34. The van der Waals surface area contributed by atoms with Crippen LogP contribution in [0.25, 0.3) is 0 Å². The van der Waals surface area contributed by atoms with Gasteiger partial charge in [-0.3, -0.25) is 0 Å². The summed E-state index contributed by atoms with van der Waals surface area (Å²) in [7, 11) is 0. The molecule has 0 spiro atoms. The third kappa shape index (κ3) is 15.9. The van der Waals surface area contributed by atoms with Gasteiger partial charge in [0.25, 0.3) is 0 Å². The first-order valence-electron chi connectivity index (χ1n) is 8.43. The van der Waals surface area contributed by atoms with Crippen molar-refractivity contribution >= 4 is 0 Å². The maximum absolute atomic E-state index is 3.92. The second kappa shape index (κ2) is 15.0. The molecular weight excluding hydrogens is 220 g/mol. The molecule has 0 heterocycles. The van der Waals surface area contributed by atoms with Gasteiger partial charge in [0.15, 0.2) is 0 Å².